The van der Waals surface area contributed by atoms with Crippen molar-refractivity contribution in [2.24, 2.45) is 0 Å². The number of imidazole rings is 1. The molecular formula is C23H24N2O5S. The number of rotatable bonds is 10. The normalized spacial score (nSPS) is 11.6. The Kier molecular flexibility index (Phi) is 7.25. The van der Waals surface area contributed by atoms with Crippen molar-refractivity contribution in [1.29, 1.82) is 0 Å². The lowest BCUT2D eigenvalue weighted by Gasteiger charge is -2.12. The number of aromatic nitrogens is 2. The van der Waals surface area contributed by atoms with Gasteiger partial charge in [0.25, 0.3) is 0 Å². The lowest BCUT2D eigenvalue weighted by atomic mass is 10.1. The van der Waals surface area contributed by atoms with Crippen molar-refractivity contribution in [3.63, 3.8) is 0 Å². The summed E-state index contributed by atoms with van der Waals surface area (Å²) in [5.74, 6) is -1.67. The van der Waals surface area contributed by atoms with E-state index in [-0.39, 0.29) is 16.9 Å². The van der Waals surface area contributed by atoms with Gasteiger partial charge in [-0.05, 0) is 41.6 Å². The second kappa shape index (κ2) is 10.1. The van der Waals surface area contributed by atoms with Gasteiger partial charge >= 0.3 is 11.9 Å². The second-order valence-corrected chi connectivity index (χ2v) is 8.21. The summed E-state index contributed by atoms with van der Waals surface area (Å²) in [5.41, 5.74) is 1.45. The number of nitrogens with zero attached hydrogens (tertiary/aromatic N) is 2. The molecule has 0 fully saturated rings. The minimum Gasteiger partial charge on any atom is -0.507 e. The van der Waals surface area contributed by atoms with Crippen LogP contribution in [0.5, 0.6) is 5.75 Å². The third-order valence-electron chi connectivity index (χ3n) is 4.90. The highest BCUT2D eigenvalue weighted by molar-refractivity contribution is 7.09. The number of aromatic hydroxyl groups is 1. The van der Waals surface area contributed by atoms with Gasteiger partial charge in [-0.1, -0.05) is 25.5 Å². The summed E-state index contributed by atoms with van der Waals surface area (Å²) >= 11 is 1.51. The number of aliphatic carboxylic acids is 1. The highest BCUT2D eigenvalue weighted by Crippen LogP contribution is 2.23. The summed E-state index contributed by atoms with van der Waals surface area (Å²) in [6, 6.07) is 8.22. The average molecular weight is 441 g/mol. The molecule has 0 saturated heterocycles. The Bertz CT molecular complexity index is 1100. The Morgan fingerprint density at radius 1 is 1.23 bits per heavy atom. The molecular weight excluding hydrogens is 416 g/mol. The van der Waals surface area contributed by atoms with Crippen molar-refractivity contribution in [3.05, 3.63) is 75.0 Å². The molecule has 7 nitrogen and oxygen atoms in total. The highest BCUT2D eigenvalue weighted by Gasteiger charge is 2.15. The summed E-state index contributed by atoms with van der Waals surface area (Å²) in [6.45, 7) is 2.42. The van der Waals surface area contributed by atoms with Gasteiger partial charge in [0.05, 0.1) is 11.9 Å². The van der Waals surface area contributed by atoms with Gasteiger partial charge in [0, 0.05) is 29.8 Å². The van der Waals surface area contributed by atoms with E-state index in [0.717, 1.165) is 30.0 Å². The van der Waals surface area contributed by atoms with Crippen LogP contribution in [0, 0.1) is 0 Å². The number of carboxylic acids is 2. The Balaban J connectivity index is 1.97. The molecule has 0 bridgehead atoms. The quantitative estimate of drug-likeness (QED) is 0.402. The molecule has 2 heterocycles. The Morgan fingerprint density at radius 3 is 2.65 bits per heavy atom. The number of hydrogen-bond donors (Lipinski definition) is 3. The lowest BCUT2D eigenvalue weighted by Crippen LogP contribution is -2.09. The summed E-state index contributed by atoms with van der Waals surface area (Å²) in [6.07, 6.45) is 6.27. The first-order valence-electron chi connectivity index (χ1n) is 9.94. The molecule has 1 aromatic carbocycles. The zero-order chi connectivity index (χ0) is 22.4. The first-order valence-corrected chi connectivity index (χ1v) is 10.8. The van der Waals surface area contributed by atoms with Crippen LogP contribution in [0.1, 0.15) is 52.1 Å². The topological polar surface area (TPSA) is 113 Å². The number of benzene rings is 1. The van der Waals surface area contributed by atoms with Gasteiger partial charge in [0.1, 0.15) is 17.1 Å². The smallest absolute Gasteiger partial charge is 0.339 e. The number of phenols is 1. The van der Waals surface area contributed by atoms with Crippen LogP contribution in [0.4, 0.5) is 0 Å². The highest BCUT2D eigenvalue weighted by atomic mass is 32.1. The van der Waals surface area contributed by atoms with Crippen LogP contribution in [0.2, 0.25) is 0 Å². The van der Waals surface area contributed by atoms with Crippen LogP contribution in [-0.4, -0.2) is 36.8 Å². The number of carbonyl (C=O) groups is 2. The molecule has 0 aliphatic heterocycles. The fraction of sp³-hybridized carbons (Fsp3) is 0.261. The van der Waals surface area contributed by atoms with Gasteiger partial charge in [-0.3, -0.25) is 0 Å². The van der Waals surface area contributed by atoms with Gasteiger partial charge in [-0.2, -0.15) is 0 Å². The number of thiophene rings is 1. The standard InChI is InChI=1S/C23H24N2O5S/c1-2-3-6-21-24-13-17(11-16(22(27)28)12-18-5-4-9-31-18)25(21)14-15-7-8-19(23(29)30)20(26)10-15/h4-5,7-11,13,26H,2-3,6,12,14H2,1H3,(H,27,28)(H,29,30)/b16-11+. The van der Waals surface area contributed by atoms with Gasteiger partial charge in [0.15, 0.2) is 0 Å². The summed E-state index contributed by atoms with van der Waals surface area (Å²) in [4.78, 5) is 28.5. The Morgan fingerprint density at radius 2 is 2.03 bits per heavy atom. The van der Waals surface area contributed by atoms with E-state index in [4.69, 9.17) is 5.11 Å². The zero-order valence-electron chi connectivity index (χ0n) is 17.1. The van der Waals surface area contributed by atoms with E-state index < -0.39 is 11.9 Å². The van der Waals surface area contributed by atoms with Crippen LogP contribution >= 0.6 is 11.3 Å². The third-order valence-corrected chi connectivity index (χ3v) is 5.77. The maximum atomic E-state index is 11.8. The van der Waals surface area contributed by atoms with Crippen molar-refractivity contribution >= 4 is 29.4 Å². The van der Waals surface area contributed by atoms with Crippen molar-refractivity contribution in [2.75, 3.05) is 0 Å². The largest absolute Gasteiger partial charge is 0.507 e. The van der Waals surface area contributed by atoms with Gasteiger partial charge in [-0.15, -0.1) is 11.3 Å². The van der Waals surface area contributed by atoms with Crippen LogP contribution in [0.15, 0.2) is 47.5 Å². The van der Waals surface area contributed by atoms with E-state index in [1.165, 1.54) is 23.5 Å². The molecule has 2 aromatic heterocycles. The predicted octanol–water partition coefficient (Wildman–Crippen LogP) is 4.45. The molecule has 3 aromatic rings. The zero-order valence-corrected chi connectivity index (χ0v) is 17.9. The minimum atomic E-state index is -1.20. The maximum absolute atomic E-state index is 11.8. The molecule has 0 unspecified atom stereocenters. The maximum Gasteiger partial charge on any atom is 0.339 e. The average Bonchev–Trinajstić information content (AvgIpc) is 3.36. The minimum absolute atomic E-state index is 0.162. The Hall–Kier alpha value is -3.39. The molecule has 31 heavy (non-hydrogen) atoms. The van der Waals surface area contributed by atoms with Crippen LogP contribution in [0.25, 0.3) is 6.08 Å². The van der Waals surface area contributed by atoms with E-state index in [2.05, 4.69) is 11.9 Å². The number of aryl methyl sites for hydroxylation is 1. The summed E-state index contributed by atoms with van der Waals surface area (Å²) < 4.78 is 1.92. The van der Waals surface area contributed by atoms with Crippen molar-refractivity contribution in [2.45, 2.75) is 39.2 Å². The number of hydrogen-bond acceptors (Lipinski definition) is 5. The second-order valence-electron chi connectivity index (χ2n) is 7.18. The SMILES string of the molecule is CCCCc1ncc(/C=C(\Cc2cccs2)C(=O)O)n1Cc1ccc(C(=O)O)c(O)c1. The first kappa shape index (κ1) is 22.3. The third kappa shape index (κ3) is 5.61. The van der Waals surface area contributed by atoms with Crippen molar-refractivity contribution in [1.82, 2.24) is 9.55 Å². The number of aromatic carboxylic acids is 1. The fourth-order valence-electron chi connectivity index (χ4n) is 3.27. The van der Waals surface area contributed by atoms with Crippen LogP contribution in [-0.2, 0) is 24.2 Å². The molecule has 162 valence electrons. The monoisotopic (exact) mass is 440 g/mol. The van der Waals surface area contributed by atoms with Crippen molar-refractivity contribution in [3.8, 4) is 5.75 Å². The molecule has 0 amide bonds. The van der Waals surface area contributed by atoms with Crippen molar-refractivity contribution < 1.29 is 24.9 Å². The molecule has 3 N–H and O–H groups in total. The van der Waals surface area contributed by atoms with E-state index >= 15 is 0 Å². The summed E-state index contributed by atoms with van der Waals surface area (Å²) in [7, 11) is 0. The Labute approximate surface area is 183 Å². The molecule has 0 aliphatic rings. The molecule has 0 atom stereocenters. The summed E-state index contributed by atoms with van der Waals surface area (Å²) in [5, 5.41) is 30.8. The number of carboxylic acid groups (broad SMARTS) is 2. The van der Waals surface area contributed by atoms with E-state index in [1.807, 2.05) is 22.1 Å². The van der Waals surface area contributed by atoms with Gasteiger partial charge in [0.2, 0.25) is 0 Å². The van der Waals surface area contributed by atoms with E-state index in [0.29, 0.717) is 24.2 Å². The molecule has 0 aliphatic carbocycles. The molecule has 0 saturated carbocycles. The first-order chi connectivity index (χ1) is 14.9. The van der Waals surface area contributed by atoms with Crippen LogP contribution in [0.3, 0.4) is 0 Å². The molecule has 0 spiro atoms. The number of unbranched alkanes of at least 4 members (excludes halogenated alkanes) is 1. The molecule has 0 radical (unpaired) electrons. The van der Waals surface area contributed by atoms with Gasteiger partial charge < -0.3 is 19.9 Å². The van der Waals surface area contributed by atoms with Crippen LogP contribution < -0.4 is 0 Å². The van der Waals surface area contributed by atoms with Gasteiger partial charge in [-0.25, -0.2) is 14.6 Å². The van der Waals surface area contributed by atoms with E-state index in [1.54, 1.807) is 18.3 Å². The predicted molar refractivity (Wildman–Crippen MR) is 119 cm³/mol. The molecule has 3 rings (SSSR count). The fourth-order valence-corrected chi connectivity index (χ4v) is 4.00. The van der Waals surface area contributed by atoms with E-state index in [9.17, 15) is 19.8 Å². The lowest BCUT2D eigenvalue weighted by molar-refractivity contribution is -0.132. The molecule has 8 heteroatoms.